The van der Waals surface area contributed by atoms with Gasteiger partial charge in [0, 0.05) is 0 Å². The lowest BCUT2D eigenvalue weighted by atomic mass is 9.95. The van der Waals surface area contributed by atoms with Crippen LogP contribution in [0.4, 0.5) is 0 Å². The van der Waals surface area contributed by atoms with Gasteiger partial charge in [0.1, 0.15) is 0 Å². The molecule has 1 aliphatic rings. The van der Waals surface area contributed by atoms with Gasteiger partial charge in [0.05, 0.1) is 12.2 Å². The van der Waals surface area contributed by atoms with Gasteiger partial charge in [-0.25, -0.2) is 4.79 Å². The Labute approximate surface area is 90.2 Å². The summed E-state index contributed by atoms with van der Waals surface area (Å²) in [5.74, 6) is -0.872. The van der Waals surface area contributed by atoms with E-state index in [1.165, 1.54) is 0 Å². The number of rotatable bonds is 5. The molecule has 1 atom stereocenters. The molecule has 0 saturated heterocycles. The van der Waals surface area contributed by atoms with Crippen molar-refractivity contribution >= 4 is 5.97 Å². The molecular formula is C11H20O4. The van der Waals surface area contributed by atoms with Crippen molar-refractivity contribution in [3.05, 3.63) is 0 Å². The Morgan fingerprint density at radius 1 is 1.40 bits per heavy atom. The van der Waals surface area contributed by atoms with Crippen molar-refractivity contribution < 1.29 is 19.7 Å². The highest BCUT2D eigenvalue weighted by Crippen LogP contribution is 2.23. The van der Waals surface area contributed by atoms with Crippen molar-refractivity contribution in [1.82, 2.24) is 0 Å². The van der Waals surface area contributed by atoms with Crippen LogP contribution in [0.1, 0.15) is 45.4 Å². The van der Waals surface area contributed by atoms with Gasteiger partial charge in [-0.3, -0.25) is 0 Å². The number of aliphatic hydroxyl groups excluding tert-OH is 1. The summed E-state index contributed by atoms with van der Waals surface area (Å²) in [6.07, 6.45) is 3.49. The standard InChI is InChI=1S/C11H20O4/c1-2-3-10(11(13)14)15-9-6-4-8(12)5-7-9/h8-10,12H,2-7H2,1H3,(H,13,14). The average molecular weight is 216 g/mol. The molecule has 1 saturated carbocycles. The summed E-state index contributed by atoms with van der Waals surface area (Å²) in [4.78, 5) is 10.9. The van der Waals surface area contributed by atoms with Crippen molar-refractivity contribution in [2.24, 2.45) is 0 Å². The monoisotopic (exact) mass is 216 g/mol. The molecule has 0 heterocycles. The average Bonchev–Trinajstić information content (AvgIpc) is 2.20. The summed E-state index contributed by atoms with van der Waals surface area (Å²) in [6.45, 7) is 1.95. The Kier molecular flexibility index (Phi) is 5.05. The fourth-order valence-electron chi connectivity index (χ4n) is 1.93. The van der Waals surface area contributed by atoms with Gasteiger partial charge in [0.2, 0.25) is 0 Å². The van der Waals surface area contributed by atoms with Crippen LogP contribution in [0.25, 0.3) is 0 Å². The van der Waals surface area contributed by atoms with Crippen LogP contribution >= 0.6 is 0 Å². The Morgan fingerprint density at radius 2 is 2.00 bits per heavy atom. The van der Waals surface area contributed by atoms with Crippen molar-refractivity contribution in [3.63, 3.8) is 0 Å². The lowest BCUT2D eigenvalue weighted by Crippen LogP contribution is -2.32. The van der Waals surface area contributed by atoms with Crippen LogP contribution in [-0.2, 0) is 9.53 Å². The first-order valence-corrected chi connectivity index (χ1v) is 5.69. The Hall–Kier alpha value is -0.610. The SMILES string of the molecule is CCCC(OC1CCC(O)CC1)C(=O)O. The second-order valence-electron chi connectivity index (χ2n) is 4.18. The molecule has 1 unspecified atom stereocenters. The van der Waals surface area contributed by atoms with Crippen LogP contribution in [0.3, 0.4) is 0 Å². The molecule has 15 heavy (non-hydrogen) atoms. The molecule has 1 rings (SSSR count). The van der Waals surface area contributed by atoms with E-state index in [4.69, 9.17) is 9.84 Å². The van der Waals surface area contributed by atoms with Crippen molar-refractivity contribution in [2.45, 2.75) is 63.8 Å². The third-order valence-electron chi connectivity index (χ3n) is 2.83. The molecule has 0 bridgehead atoms. The highest BCUT2D eigenvalue weighted by Gasteiger charge is 2.25. The normalized spacial score (nSPS) is 28.7. The van der Waals surface area contributed by atoms with Gasteiger partial charge in [-0.05, 0) is 32.1 Å². The Morgan fingerprint density at radius 3 is 2.47 bits per heavy atom. The summed E-state index contributed by atoms with van der Waals surface area (Å²) >= 11 is 0. The summed E-state index contributed by atoms with van der Waals surface area (Å²) in [6, 6.07) is 0. The second kappa shape index (κ2) is 6.08. The summed E-state index contributed by atoms with van der Waals surface area (Å²) in [5.41, 5.74) is 0. The van der Waals surface area contributed by atoms with Gasteiger partial charge in [0.15, 0.2) is 6.10 Å². The van der Waals surface area contributed by atoms with E-state index in [9.17, 15) is 9.90 Å². The lowest BCUT2D eigenvalue weighted by Gasteiger charge is -2.27. The van der Waals surface area contributed by atoms with E-state index in [2.05, 4.69) is 0 Å². The molecule has 4 nitrogen and oxygen atoms in total. The lowest BCUT2D eigenvalue weighted by molar-refractivity contribution is -0.157. The molecule has 0 radical (unpaired) electrons. The number of aliphatic hydroxyl groups is 1. The molecule has 2 N–H and O–H groups in total. The zero-order chi connectivity index (χ0) is 11.3. The predicted molar refractivity (Wildman–Crippen MR) is 55.7 cm³/mol. The quantitative estimate of drug-likeness (QED) is 0.732. The first-order valence-electron chi connectivity index (χ1n) is 5.69. The maximum absolute atomic E-state index is 10.9. The molecule has 1 fully saturated rings. The van der Waals surface area contributed by atoms with Crippen LogP contribution in [-0.4, -0.2) is 34.5 Å². The molecule has 0 aromatic rings. The highest BCUT2D eigenvalue weighted by atomic mass is 16.5. The van der Waals surface area contributed by atoms with Crippen LogP contribution in [0, 0.1) is 0 Å². The van der Waals surface area contributed by atoms with E-state index >= 15 is 0 Å². The van der Waals surface area contributed by atoms with E-state index in [1.807, 2.05) is 6.92 Å². The summed E-state index contributed by atoms with van der Waals surface area (Å²) in [7, 11) is 0. The molecule has 0 amide bonds. The second-order valence-corrected chi connectivity index (χ2v) is 4.18. The Balaban J connectivity index is 2.34. The molecule has 0 aromatic heterocycles. The van der Waals surface area contributed by atoms with E-state index in [0.29, 0.717) is 6.42 Å². The molecular weight excluding hydrogens is 196 g/mol. The number of carboxylic acid groups (broad SMARTS) is 1. The molecule has 88 valence electrons. The number of carbonyl (C=O) groups is 1. The maximum Gasteiger partial charge on any atom is 0.332 e. The molecule has 0 aromatic carbocycles. The number of hydrogen-bond donors (Lipinski definition) is 2. The van der Waals surface area contributed by atoms with Crippen molar-refractivity contribution in [2.75, 3.05) is 0 Å². The number of aliphatic carboxylic acids is 1. The number of hydrogen-bond acceptors (Lipinski definition) is 3. The van der Waals surface area contributed by atoms with Crippen molar-refractivity contribution in [1.29, 1.82) is 0 Å². The van der Waals surface area contributed by atoms with Gasteiger partial charge in [-0.1, -0.05) is 13.3 Å². The van der Waals surface area contributed by atoms with E-state index < -0.39 is 12.1 Å². The minimum Gasteiger partial charge on any atom is -0.479 e. The minimum atomic E-state index is -0.872. The van der Waals surface area contributed by atoms with Crippen molar-refractivity contribution in [3.8, 4) is 0 Å². The number of ether oxygens (including phenoxy) is 1. The number of carboxylic acids is 1. The fraction of sp³-hybridized carbons (Fsp3) is 0.909. The predicted octanol–water partition coefficient (Wildman–Crippen LogP) is 1.56. The smallest absolute Gasteiger partial charge is 0.332 e. The minimum absolute atomic E-state index is 0.0149. The van der Waals surface area contributed by atoms with Crippen LogP contribution in [0.5, 0.6) is 0 Å². The molecule has 0 spiro atoms. The fourth-order valence-corrected chi connectivity index (χ4v) is 1.93. The van der Waals surface area contributed by atoms with Gasteiger partial charge in [-0.2, -0.15) is 0 Å². The van der Waals surface area contributed by atoms with Gasteiger partial charge in [-0.15, -0.1) is 0 Å². The highest BCUT2D eigenvalue weighted by molar-refractivity contribution is 5.72. The third-order valence-corrected chi connectivity index (χ3v) is 2.83. The van der Waals surface area contributed by atoms with Crippen LogP contribution < -0.4 is 0 Å². The molecule has 1 aliphatic carbocycles. The largest absolute Gasteiger partial charge is 0.479 e. The summed E-state index contributed by atoms with van der Waals surface area (Å²) < 4.78 is 5.53. The van der Waals surface area contributed by atoms with Crippen LogP contribution in [0.15, 0.2) is 0 Å². The third kappa shape index (κ3) is 4.18. The van der Waals surface area contributed by atoms with Gasteiger partial charge < -0.3 is 14.9 Å². The zero-order valence-corrected chi connectivity index (χ0v) is 9.19. The topological polar surface area (TPSA) is 66.8 Å². The maximum atomic E-state index is 10.9. The van der Waals surface area contributed by atoms with E-state index in [-0.39, 0.29) is 12.2 Å². The van der Waals surface area contributed by atoms with E-state index in [1.54, 1.807) is 0 Å². The molecule has 4 heteroatoms. The summed E-state index contributed by atoms with van der Waals surface area (Å²) in [5, 5.41) is 18.2. The van der Waals surface area contributed by atoms with E-state index in [0.717, 1.165) is 32.1 Å². The van der Waals surface area contributed by atoms with Gasteiger partial charge in [0.25, 0.3) is 0 Å². The zero-order valence-electron chi connectivity index (χ0n) is 9.19. The van der Waals surface area contributed by atoms with Crippen LogP contribution in [0.2, 0.25) is 0 Å². The van der Waals surface area contributed by atoms with Gasteiger partial charge >= 0.3 is 5.97 Å². The Bertz CT molecular complexity index is 197. The first kappa shape index (κ1) is 12.5. The molecule has 0 aliphatic heterocycles. The first-order chi connectivity index (χ1) is 7.13.